The Bertz CT molecular complexity index is 677. The fraction of sp³-hybridized carbons (Fsp3) is 0.611. The molecule has 2 aromatic rings. The minimum atomic E-state index is 0.592. The van der Waals surface area contributed by atoms with Crippen LogP contribution in [-0.4, -0.2) is 58.5 Å². The van der Waals surface area contributed by atoms with Gasteiger partial charge in [0.05, 0.1) is 0 Å². The summed E-state index contributed by atoms with van der Waals surface area (Å²) in [6, 6.07) is 3.40. The lowest BCUT2D eigenvalue weighted by atomic mass is 10.0. The largest absolute Gasteiger partial charge is 0.363 e. The summed E-state index contributed by atoms with van der Waals surface area (Å²) >= 11 is 1.54. The van der Waals surface area contributed by atoms with Gasteiger partial charge in [0.25, 0.3) is 0 Å². The summed E-state index contributed by atoms with van der Waals surface area (Å²) in [5, 5.41) is 2.16. The van der Waals surface area contributed by atoms with E-state index in [1.807, 2.05) is 25.2 Å². The summed E-state index contributed by atoms with van der Waals surface area (Å²) < 4.78 is 4.21. The lowest BCUT2D eigenvalue weighted by Crippen LogP contribution is -2.46. The van der Waals surface area contributed by atoms with Crippen molar-refractivity contribution in [2.45, 2.75) is 44.3 Å². The molecule has 1 aliphatic heterocycles. The van der Waals surface area contributed by atoms with Gasteiger partial charge in [-0.25, -0.2) is 14.3 Å². The molecule has 6 nitrogen and oxygen atoms in total. The van der Waals surface area contributed by atoms with Crippen molar-refractivity contribution in [1.82, 2.24) is 19.2 Å². The zero-order valence-electron chi connectivity index (χ0n) is 15.0. The normalized spacial score (nSPS) is 19.1. The molecule has 0 atom stereocenters. The van der Waals surface area contributed by atoms with Gasteiger partial charge in [-0.05, 0) is 42.8 Å². The molecule has 0 spiro atoms. The number of piperidine rings is 1. The Labute approximate surface area is 153 Å². The van der Waals surface area contributed by atoms with Gasteiger partial charge in [-0.2, -0.15) is 0 Å². The van der Waals surface area contributed by atoms with Gasteiger partial charge in [-0.1, -0.05) is 0 Å². The molecule has 2 fully saturated rings. The van der Waals surface area contributed by atoms with Crippen LogP contribution in [0.3, 0.4) is 0 Å². The third-order valence-electron chi connectivity index (χ3n) is 5.14. The number of hydrogen-bond acceptors (Lipinski definition) is 7. The third kappa shape index (κ3) is 3.93. The zero-order valence-corrected chi connectivity index (χ0v) is 15.8. The standard InChI is InChI=1S/C18H26N6S/c1-22(2)17-9-18(20-13-19-17)24(15-3-4-15)16-5-7-23(8-6-16)11-14-10-21-25-12-14/h9-10,12-13,15-16H,3-8,11H2,1-2H3. The van der Waals surface area contributed by atoms with Crippen molar-refractivity contribution in [3.63, 3.8) is 0 Å². The summed E-state index contributed by atoms with van der Waals surface area (Å²) in [6.07, 6.45) is 8.70. The van der Waals surface area contributed by atoms with Crippen molar-refractivity contribution in [1.29, 1.82) is 0 Å². The summed E-state index contributed by atoms with van der Waals surface area (Å²) in [4.78, 5) is 16.2. The topological polar surface area (TPSA) is 48.4 Å². The average molecular weight is 359 g/mol. The lowest BCUT2D eigenvalue weighted by Gasteiger charge is -2.39. The van der Waals surface area contributed by atoms with E-state index in [0.29, 0.717) is 12.1 Å². The Morgan fingerprint density at radius 2 is 1.80 bits per heavy atom. The van der Waals surface area contributed by atoms with Crippen LogP contribution in [0.2, 0.25) is 0 Å². The van der Waals surface area contributed by atoms with Gasteiger partial charge in [0, 0.05) is 63.5 Å². The molecule has 1 saturated heterocycles. The first-order chi connectivity index (χ1) is 12.2. The number of rotatable bonds is 6. The van der Waals surface area contributed by atoms with E-state index in [9.17, 15) is 0 Å². The maximum absolute atomic E-state index is 4.61. The highest BCUT2D eigenvalue weighted by molar-refractivity contribution is 7.03. The monoisotopic (exact) mass is 358 g/mol. The molecule has 1 aliphatic carbocycles. The highest BCUT2D eigenvalue weighted by Crippen LogP contribution is 2.36. The Morgan fingerprint density at radius 1 is 1.08 bits per heavy atom. The molecule has 1 saturated carbocycles. The highest BCUT2D eigenvalue weighted by atomic mass is 32.1. The van der Waals surface area contributed by atoms with E-state index < -0.39 is 0 Å². The van der Waals surface area contributed by atoms with Crippen LogP contribution in [-0.2, 0) is 6.54 Å². The van der Waals surface area contributed by atoms with Crippen molar-refractivity contribution < 1.29 is 0 Å². The van der Waals surface area contributed by atoms with E-state index in [4.69, 9.17) is 0 Å². The van der Waals surface area contributed by atoms with Crippen LogP contribution in [0.1, 0.15) is 31.2 Å². The van der Waals surface area contributed by atoms with Crippen LogP contribution < -0.4 is 9.80 Å². The minimum Gasteiger partial charge on any atom is -0.363 e. The molecule has 0 bridgehead atoms. The zero-order chi connectivity index (χ0) is 17.2. The molecule has 0 radical (unpaired) electrons. The van der Waals surface area contributed by atoms with Crippen LogP contribution in [0.4, 0.5) is 11.6 Å². The van der Waals surface area contributed by atoms with Crippen molar-refractivity contribution in [2.24, 2.45) is 0 Å². The number of likely N-dealkylation sites (tertiary alicyclic amines) is 1. The number of nitrogens with zero attached hydrogens (tertiary/aromatic N) is 6. The van der Waals surface area contributed by atoms with Crippen LogP contribution in [0.5, 0.6) is 0 Å². The maximum Gasteiger partial charge on any atom is 0.134 e. The summed E-state index contributed by atoms with van der Waals surface area (Å²) in [5.41, 5.74) is 1.34. The quantitative estimate of drug-likeness (QED) is 0.791. The fourth-order valence-corrected chi connectivity index (χ4v) is 4.19. The number of hydrogen-bond donors (Lipinski definition) is 0. The van der Waals surface area contributed by atoms with Gasteiger partial charge in [-0.3, -0.25) is 4.90 Å². The van der Waals surface area contributed by atoms with Gasteiger partial charge in [-0.15, -0.1) is 0 Å². The SMILES string of the molecule is CN(C)c1cc(N(C2CC2)C2CCN(Cc3cnsc3)CC2)ncn1. The predicted molar refractivity (Wildman–Crippen MR) is 102 cm³/mol. The maximum atomic E-state index is 4.61. The van der Waals surface area contributed by atoms with Crippen molar-refractivity contribution in [2.75, 3.05) is 37.0 Å². The minimum absolute atomic E-state index is 0.592. The van der Waals surface area contributed by atoms with Gasteiger partial charge < -0.3 is 9.80 Å². The Hall–Kier alpha value is -1.73. The summed E-state index contributed by atoms with van der Waals surface area (Å²) in [7, 11) is 4.07. The molecule has 0 N–H and O–H groups in total. The molecule has 2 aliphatic rings. The van der Waals surface area contributed by atoms with Crippen LogP contribution >= 0.6 is 11.5 Å². The Kier molecular flexibility index (Phi) is 4.85. The van der Waals surface area contributed by atoms with E-state index in [1.165, 1.54) is 31.2 Å². The lowest BCUT2D eigenvalue weighted by molar-refractivity contribution is 0.200. The second-order valence-electron chi connectivity index (χ2n) is 7.31. The van der Waals surface area contributed by atoms with Crippen LogP contribution in [0.25, 0.3) is 0 Å². The molecule has 4 rings (SSSR count). The third-order valence-corrected chi connectivity index (χ3v) is 5.78. The molecule has 2 aromatic heterocycles. The molecule has 3 heterocycles. The van der Waals surface area contributed by atoms with E-state index in [1.54, 1.807) is 17.9 Å². The molecular weight excluding hydrogens is 332 g/mol. The molecule has 0 amide bonds. The van der Waals surface area contributed by atoms with Crippen LogP contribution in [0, 0.1) is 0 Å². The first-order valence-corrected chi connectivity index (χ1v) is 9.92. The highest BCUT2D eigenvalue weighted by Gasteiger charge is 2.36. The van der Waals surface area contributed by atoms with Crippen molar-refractivity contribution in [3.05, 3.63) is 29.5 Å². The van der Waals surface area contributed by atoms with Crippen LogP contribution in [0.15, 0.2) is 24.0 Å². The second kappa shape index (κ2) is 7.25. The first kappa shape index (κ1) is 16.7. The molecule has 134 valence electrons. The van der Waals surface area contributed by atoms with Crippen molar-refractivity contribution >= 4 is 23.2 Å². The molecule has 0 unspecified atom stereocenters. The number of anilines is 2. The first-order valence-electron chi connectivity index (χ1n) is 9.09. The summed E-state index contributed by atoms with van der Waals surface area (Å²) in [5.74, 6) is 2.08. The Balaban J connectivity index is 1.43. The predicted octanol–water partition coefficient (Wildman–Crippen LogP) is 2.63. The summed E-state index contributed by atoms with van der Waals surface area (Å²) in [6.45, 7) is 3.33. The van der Waals surface area contributed by atoms with Gasteiger partial charge in [0.2, 0.25) is 0 Å². The van der Waals surface area contributed by atoms with Crippen molar-refractivity contribution in [3.8, 4) is 0 Å². The molecular formula is C18H26N6S. The fourth-order valence-electron chi connectivity index (χ4n) is 3.67. The van der Waals surface area contributed by atoms with Gasteiger partial charge >= 0.3 is 0 Å². The smallest absolute Gasteiger partial charge is 0.134 e. The molecule has 25 heavy (non-hydrogen) atoms. The van der Waals surface area contributed by atoms with E-state index in [-0.39, 0.29) is 0 Å². The number of aromatic nitrogens is 3. The van der Waals surface area contributed by atoms with E-state index in [2.05, 4.69) is 35.6 Å². The van der Waals surface area contributed by atoms with E-state index >= 15 is 0 Å². The molecule has 0 aromatic carbocycles. The van der Waals surface area contributed by atoms with Gasteiger partial charge in [0.15, 0.2) is 0 Å². The van der Waals surface area contributed by atoms with Gasteiger partial charge in [0.1, 0.15) is 18.0 Å². The van der Waals surface area contributed by atoms with E-state index in [0.717, 1.165) is 31.3 Å². The second-order valence-corrected chi connectivity index (χ2v) is 7.96. The molecule has 7 heteroatoms. The average Bonchev–Trinajstić information content (AvgIpc) is 3.32. The Morgan fingerprint density at radius 3 is 2.44 bits per heavy atom.